The minimum Gasteiger partial charge on any atom is -0.699 e. The van der Waals surface area contributed by atoms with Crippen molar-refractivity contribution in [2.24, 2.45) is 0 Å². The number of carbonyl (C=O) groups is 1. The second kappa shape index (κ2) is 13.1. The van der Waals surface area contributed by atoms with Gasteiger partial charge in [-0.25, -0.2) is 0 Å². The quantitative estimate of drug-likeness (QED) is 0.0903. The Labute approximate surface area is 216 Å². The van der Waals surface area contributed by atoms with Crippen LogP contribution < -0.4 is 16.5 Å². The van der Waals surface area contributed by atoms with E-state index in [9.17, 15) is 4.79 Å². The number of anilines is 3. The number of rotatable bonds is 7. The van der Waals surface area contributed by atoms with Gasteiger partial charge in [-0.15, -0.1) is 17.4 Å². The Bertz CT molecular complexity index is 1150. The van der Waals surface area contributed by atoms with Gasteiger partial charge in [-0.05, 0) is 53.8 Å². The molecule has 0 spiro atoms. The van der Waals surface area contributed by atoms with E-state index in [4.69, 9.17) is 16.7 Å². The molecular formula is C23H24N5O2SY-. The van der Waals surface area contributed by atoms with Crippen LogP contribution in [0.5, 0.6) is 0 Å². The van der Waals surface area contributed by atoms with E-state index in [1.54, 1.807) is 30.0 Å². The molecule has 1 heterocycles. The molecule has 163 valence electrons. The number of benzene rings is 3. The molecule has 0 unspecified atom stereocenters. The molecule has 0 aliphatic carbocycles. The molecular weight excluding hydrogens is 499 g/mol. The van der Waals surface area contributed by atoms with Crippen LogP contribution in [0.4, 0.5) is 22.7 Å². The Morgan fingerprint density at radius 3 is 2.69 bits per heavy atom. The molecule has 1 amide bonds. The molecule has 0 fully saturated rings. The molecule has 1 radical (unpaired) electrons. The summed E-state index contributed by atoms with van der Waals surface area (Å²) in [4.78, 5) is 14.6. The van der Waals surface area contributed by atoms with E-state index < -0.39 is 0 Å². The smallest absolute Gasteiger partial charge is 0.211 e. The number of amides is 1. The Hall–Kier alpha value is -2.52. The first kappa shape index (κ1) is 25.7. The maximum absolute atomic E-state index is 10.6. The molecule has 0 atom stereocenters. The summed E-state index contributed by atoms with van der Waals surface area (Å²) in [6.07, 6.45) is 3.39. The number of fused-ring (bicyclic) bond motifs is 1. The molecule has 0 saturated heterocycles. The van der Waals surface area contributed by atoms with Crippen LogP contribution >= 0.6 is 11.8 Å². The Morgan fingerprint density at radius 1 is 1.09 bits per heavy atom. The zero-order valence-electron chi connectivity index (χ0n) is 17.3. The molecule has 0 aliphatic rings. The van der Waals surface area contributed by atoms with E-state index in [1.807, 2.05) is 54.7 Å². The zero-order valence-corrected chi connectivity index (χ0v) is 21.0. The van der Waals surface area contributed by atoms with Crippen LogP contribution in [0.3, 0.4) is 0 Å². The number of thioether (sulfide) groups is 1. The van der Waals surface area contributed by atoms with Gasteiger partial charge >= 0.3 is 0 Å². The van der Waals surface area contributed by atoms with Gasteiger partial charge in [0.1, 0.15) is 0 Å². The van der Waals surface area contributed by atoms with Gasteiger partial charge in [0.15, 0.2) is 0 Å². The summed E-state index contributed by atoms with van der Waals surface area (Å²) in [6, 6.07) is 20.6. The van der Waals surface area contributed by atoms with E-state index in [1.165, 1.54) is 5.56 Å². The Kier molecular flexibility index (Phi) is 10.6. The number of aryl methyl sites for hydroxylation is 1. The van der Waals surface area contributed by atoms with Crippen LogP contribution in [0, 0.1) is 0 Å². The summed E-state index contributed by atoms with van der Waals surface area (Å²) in [5, 5.41) is 12.7. The summed E-state index contributed by atoms with van der Waals surface area (Å²) in [5.74, 6) is 0.864. The van der Waals surface area contributed by atoms with Gasteiger partial charge < -0.3 is 21.8 Å². The van der Waals surface area contributed by atoms with Gasteiger partial charge in [-0.3, -0.25) is 15.5 Å². The van der Waals surface area contributed by atoms with Crippen molar-refractivity contribution >= 4 is 51.8 Å². The number of carbonyl (C=O) groups excluding carboxylic acids is 1. The molecule has 0 saturated carbocycles. The summed E-state index contributed by atoms with van der Waals surface area (Å²) in [5.41, 5.74) is 19.8. The minimum absolute atomic E-state index is 0. The third-order valence-electron chi connectivity index (χ3n) is 4.48. The fourth-order valence-electron chi connectivity index (χ4n) is 2.98. The van der Waals surface area contributed by atoms with Crippen LogP contribution in [0.15, 0.2) is 77.8 Å². The predicted octanol–water partition coefficient (Wildman–Crippen LogP) is 5.82. The fourth-order valence-corrected chi connectivity index (χ4v) is 3.97. The normalized spacial score (nSPS) is 9.91. The average molecular weight is 523 g/mol. The standard InChI is InChI=1S/C15H17N3O2S.C8H7N2.Y/c16-12-3-1-2-11(8-12)6-7-21-15-5-4-13(18-20)9-14(15)17-10-19;9-7-2-1-6-3-4-10-8(6)5-7;/h1-5,8-10,18,20H,6-7,16H2,(H,17,19);1-5,9-10H;/q;-1;. The first-order valence-electron chi connectivity index (χ1n) is 9.59. The monoisotopic (exact) mass is 523 g/mol. The second-order valence-electron chi connectivity index (χ2n) is 6.71. The molecule has 0 bridgehead atoms. The molecule has 9 heteroatoms. The predicted molar refractivity (Wildman–Crippen MR) is 129 cm³/mol. The third kappa shape index (κ3) is 7.56. The van der Waals surface area contributed by atoms with Gasteiger partial charge in [-0.1, -0.05) is 30.3 Å². The molecule has 7 N–H and O–H groups in total. The van der Waals surface area contributed by atoms with E-state index in [0.717, 1.165) is 33.7 Å². The number of nitrogens with two attached hydrogens (primary N) is 1. The van der Waals surface area contributed by atoms with Crippen LogP contribution in [-0.4, -0.2) is 22.4 Å². The maximum Gasteiger partial charge on any atom is 0.211 e. The van der Waals surface area contributed by atoms with Gasteiger partial charge in [0.25, 0.3) is 0 Å². The summed E-state index contributed by atoms with van der Waals surface area (Å²) in [7, 11) is 0. The van der Waals surface area contributed by atoms with Crippen molar-refractivity contribution in [3.05, 3.63) is 84.2 Å². The topological polar surface area (TPSA) is 127 Å². The van der Waals surface area contributed by atoms with Gasteiger partial charge in [-0.2, -0.15) is 0 Å². The van der Waals surface area contributed by atoms with Crippen LogP contribution in [-0.2, 0) is 43.9 Å². The van der Waals surface area contributed by atoms with Crippen molar-refractivity contribution in [1.29, 1.82) is 0 Å². The van der Waals surface area contributed by atoms with E-state index in [-0.39, 0.29) is 32.7 Å². The van der Waals surface area contributed by atoms with Crippen molar-refractivity contribution in [3.63, 3.8) is 0 Å². The first-order chi connectivity index (χ1) is 15.1. The van der Waals surface area contributed by atoms with Crippen molar-refractivity contribution in [3.8, 4) is 0 Å². The molecule has 32 heavy (non-hydrogen) atoms. The molecule has 7 nitrogen and oxygen atoms in total. The third-order valence-corrected chi connectivity index (χ3v) is 5.55. The van der Waals surface area contributed by atoms with Gasteiger partial charge in [0.05, 0.1) is 11.4 Å². The van der Waals surface area contributed by atoms with Crippen molar-refractivity contribution in [1.82, 2.24) is 4.98 Å². The first-order valence-corrected chi connectivity index (χ1v) is 10.6. The number of H-pyrrole nitrogens is 1. The number of nitrogen functional groups attached to an aromatic ring is 1. The molecule has 4 aromatic rings. The zero-order chi connectivity index (χ0) is 22.1. The minimum atomic E-state index is 0. The van der Waals surface area contributed by atoms with Crippen molar-refractivity contribution < 1.29 is 42.7 Å². The molecule has 3 aromatic carbocycles. The molecule has 1 aromatic heterocycles. The number of hydrogen-bond donors (Lipinski definition) is 5. The molecule has 4 rings (SSSR count). The SMILES string of the molecule is Nc1cccc(CCSc2ccc(NO)cc2NC=O)c1.[NH-]c1ccc2cc[nH]c2c1.[Y]. The second-order valence-corrected chi connectivity index (χ2v) is 7.84. The maximum atomic E-state index is 10.6. The Balaban J connectivity index is 0.000000275. The summed E-state index contributed by atoms with van der Waals surface area (Å²) < 4.78 is 0. The molecule has 0 aliphatic heterocycles. The van der Waals surface area contributed by atoms with Crippen LogP contribution in [0.2, 0.25) is 0 Å². The van der Waals surface area contributed by atoms with E-state index in [0.29, 0.717) is 23.5 Å². The van der Waals surface area contributed by atoms with Crippen LogP contribution in [0.1, 0.15) is 5.56 Å². The van der Waals surface area contributed by atoms with Crippen molar-refractivity contribution in [2.45, 2.75) is 11.3 Å². The summed E-state index contributed by atoms with van der Waals surface area (Å²) in [6.45, 7) is 0. The fraction of sp³-hybridized carbons (Fsp3) is 0.0870. The number of aromatic amines is 1. The van der Waals surface area contributed by atoms with E-state index in [2.05, 4.69) is 15.8 Å². The van der Waals surface area contributed by atoms with Crippen LogP contribution in [0.25, 0.3) is 16.6 Å². The average Bonchev–Trinajstić information content (AvgIpc) is 3.23. The van der Waals surface area contributed by atoms with E-state index >= 15 is 0 Å². The van der Waals surface area contributed by atoms with Gasteiger partial charge in [0.2, 0.25) is 6.41 Å². The Morgan fingerprint density at radius 2 is 1.94 bits per heavy atom. The largest absolute Gasteiger partial charge is 0.699 e. The number of nitrogens with one attached hydrogen (secondary N) is 4. The van der Waals surface area contributed by atoms with Gasteiger partial charge in [0, 0.05) is 60.8 Å². The number of hydrogen-bond acceptors (Lipinski definition) is 5. The summed E-state index contributed by atoms with van der Waals surface area (Å²) >= 11 is 1.64. The van der Waals surface area contributed by atoms with Crippen molar-refractivity contribution in [2.75, 3.05) is 22.3 Å². The number of aromatic nitrogens is 1.